The predicted octanol–water partition coefficient (Wildman–Crippen LogP) is 6.32. The molecule has 0 fully saturated rings. The van der Waals surface area contributed by atoms with Crippen molar-refractivity contribution in [1.82, 2.24) is 10.2 Å². The van der Waals surface area contributed by atoms with Gasteiger partial charge in [0.2, 0.25) is 11.8 Å². The number of para-hydroxylation sites is 1. The van der Waals surface area contributed by atoms with Crippen LogP contribution in [0.5, 0.6) is 0 Å². The highest BCUT2D eigenvalue weighted by Gasteiger charge is 2.35. The third kappa shape index (κ3) is 8.27. The molecule has 0 bridgehead atoms. The number of aryl methyl sites for hydroxylation is 2. The number of halogens is 1. The third-order valence-electron chi connectivity index (χ3n) is 7.22. The maximum absolute atomic E-state index is 14.5. The number of carbonyl (C=O) groups excluding carboxylic acids is 2. The molecule has 4 aromatic rings. The Morgan fingerprint density at radius 2 is 1.45 bits per heavy atom. The van der Waals surface area contributed by atoms with Crippen molar-refractivity contribution in [3.8, 4) is 0 Å². The van der Waals surface area contributed by atoms with Crippen molar-refractivity contribution in [3.05, 3.63) is 130 Å². The highest BCUT2D eigenvalue weighted by atomic mass is 35.5. The number of carbonyl (C=O) groups is 2. The van der Waals surface area contributed by atoms with Crippen LogP contribution in [0.15, 0.2) is 108 Å². The summed E-state index contributed by atoms with van der Waals surface area (Å²) in [6, 6.07) is 29.0. The zero-order valence-electron chi connectivity index (χ0n) is 25.4. The summed E-state index contributed by atoms with van der Waals surface area (Å²) in [5, 5.41) is 3.45. The number of amides is 2. The van der Waals surface area contributed by atoms with Crippen LogP contribution in [-0.2, 0) is 32.6 Å². The molecule has 1 atom stereocenters. The molecule has 9 heteroatoms. The van der Waals surface area contributed by atoms with Crippen molar-refractivity contribution < 1.29 is 18.0 Å². The number of hydrogen-bond acceptors (Lipinski definition) is 4. The number of benzene rings is 4. The molecule has 4 aromatic carbocycles. The van der Waals surface area contributed by atoms with E-state index >= 15 is 0 Å². The number of rotatable bonds is 12. The fourth-order valence-corrected chi connectivity index (χ4v) is 6.65. The predicted molar refractivity (Wildman–Crippen MR) is 176 cm³/mol. The van der Waals surface area contributed by atoms with Gasteiger partial charge in [0, 0.05) is 24.0 Å². The Labute approximate surface area is 265 Å². The molecule has 0 saturated carbocycles. The van der Waals surface area contributed by atoms with Crippen LogP contribution in [0.25, 0.3) is 0 Å². The van der Waals surface area contributed by atoms with E-state index in [2.05, 4.69) is 5.32 Å². The van der Waals surface area contributed by atoms with Crippen LogP contribution in [0.1, 0.15) is 36.1 Å². The quantitative estimate of drug-likeness (QED) is 0.198. The van der Waals surface area contributed by atoms with Crippen LogP contribution in [0, 0.1) is 13.8 Å². The second-order valence-electron chi connectivity index (χ2n) is 11.1. The Balaban J connectivity index is 1.82. The van der Waals surface area contributed by atoms with Crippen LogP contribution in [0.2, 0.25) is 5.02 Å². The molecular formula is C35H38ClN3O4S. The molecule has 0 spiro atoms. The first-order chi connectivity index (χ1) is 21.0. The van der Waals surface area contributed by atoms with Gasteiger partial charge in [0.1, 0.15) is 12.6 Å². The van der Waals surface area contributed by atoms with Gasteiger partial charge in [-0.1, -0.05) is 90.0 Å². The van der Waals surface area contributed by atoms with Gasteiger partial charge in [-0.15, -0.1) is 0 Å². The van der Waals surface area contributed by atoms with E-state index in [1.807, 2.05) is 63.2 Å². The summed E-state index contributed by atoms with van der Waals surface area (Å²) in [4.78, 5) is 29.8. The fraction of sp³-hybridized carbons (Fsp3) is 0.257. The highest BCUT2D eigenvalue weighted by Crippen LogP contribution is 2.28. The number of nitrogens with one attached hydrogen (secondary N) is 1. The topological polar surface area (TPSA) is 86.8 Å². The lowest BCUT2D eigenvalue weighted by Crippen LogP contribution is -2.54. The fourth-order valence-electron chi connectivity index (χ4n) is 4.96. The maximum atomic E-state index is 14.5. The number of hydrogen-bond donors (Lipinski definition) is 1. The summed E-state index contributed by atoms with van der Waals surface area (Å²) in [6.07, 6.45) is 0.237. The lowest BCUT2D eigenvalue weighted by Gasteiger charge is -2.34. The lowest BCUT2D eigenvalue weighted by atomic mass is 10.0. The summed E-state index contributed by atoms with van der Waals surface area (Å²) in [7, 11) is -4.16. The van der Waals surface area contributed by atoms with Crippen molar-refractivity contribution >= 4 is 39.1 Å². The molecule has 0 aromatic heterocycles. The minimum absolute atomic E-state index is 0.0502. The van der Waals surface area contributed by atoms with Crippen molar-refractivity contribution in [2.45, 2.75) is 57.6 Å². The maximum Gasteiger partial charge on any atom is 0.264 e. The minimum atomic E-state index is -4.16. The molecule has 4 rings (SSSR count). The zero-order chi connectivity index (χ0) is 31.9. The second kappa shape index (κ2) is 14.6. The van der Waals surface area contributed by atoms with Crippen LogP contribution in [-0.4, -0.2) is 43.8 Å². The van der Waals surface area contributed by atoms with Crippen molar-refractivity contribution in [2.24, 2.45) is 0 Å². The van der Waals surface area contributed by atoms with Gasteiger partial charge in [-0.25, -0.2) is 8.42 Å². The molecule has 2 amide bonds. The molecule has 1 N–H and O–H groups in total. The molecule has 0 saturated heterocycles. The number of nitrogens with zero attached hydrogens (tertiary/aromatic N) is 2. The summed E-state index contributed by atoms with van der Waals surface area (Å²) >= 11 is 6.30. The molecule has 0 aliphatic rings. The molecule has 7 nitrogen and oxygen atoms in total. The molecule has 0 unspecified atom stereocenters. The Morgan fingerprint density at radius 3 is 2.09 bits per heavy atom. The van der Waals surface area contributed by atoms with Crippen molar-refractivity contribution in [2.75, 3.05) is 10.8 Å². The van der Waals surface area contributed by atoms with Gasteiger partial charge in [-0.05, 0) is 74.7 Å². The van der Waals surface area contributed by atoms with Crippen molar-refractivity contribution in [3.63, 3.8) is 0 Å². The van der Waals surface area contributed by atoms with Crippen LogP contribution < -0.4 is 9.62 Å². The number of sulfonamides is 1. The Bertz CT molecular complexity index is 1690. The third-order valence-corrected chi connectivity index (χ3v) is 9.23. The highest BCUT2D eigenvalue weighted by molar-refractivity contribution is 7.92. The largest absolute Gasteiger partial charge is 0.352 e. The van der Waals surface area contributed by atoms with Crippen LogP contribution in [0.3, 0.4) is 0 Å². The summed E-state index contributed by atoms with van der Waals surface area (Å²) < 4.78 is 29.5. The zero-order valence-corrected chi connectivity index (χ0v) is 27.0. The van der Waals surface area contributed by atoms with Gasteiger partial charge in [0.05, 0.1) is 10.6 Å². The SMILES string of the molecule is Cc1ccc(S(=O)(=O)N(CC(=O)N(Cc2cccc(Cl)c2)[C@H](Cc2ccccc2)C(=O)NC(C)C)c2ccccc2C)cc1. The first-order valence-corrected chi connectivity index (χ1v) is 16.3. The van der Waals surface area contributed by atoms with Gasteiger partial charge >= 0.3 is 0 Å². The molecule has 230 valence electrons. The molecule has 0 radical (unpaired) electrons. The standard InChI is InChI=1S/C35H38ClN3O4S/c1-25(2)37-35(41)33(22-28-12-6-5-7-13-28)38(23-29-14-10-15-30(36)21-29)34(40)24-39(32-16-9-8-11-27(32)4)44(42,43)31-19-17-26(3)18-20-31/h5-21,25,33H,22-24H2,1-4H3,(H,37,41)/t33-/m1/s1. The van der Waals surface area contributed by atoms with E-state index < -0.39 is 28.5 Å². The van der Waals surface area contributed by atoms with Gasteiger partial charge in [-0.3, -0.25) is 13.9 Å². The van der Waals surface area contributed by atoms with Crippen LogP contribution in [0.4, 0.5) is 5.69 Å². The van der Waals surface area contributed by atoms with Gasteiger partial charge in [0.15, 0.2) is 0 Å². The smallest absolute Gasteiger partial charge is 0.264 e. The van der Waals surface area contributed by atoms with Crippen LogP contribution >= 0.6 is 11.6 Å². The summed E-state index contributed by atoms with van der Waals surface area (Å²) in [5.74, 6) is -0.855. The second-order valence-corrected chi connectivity index (χ2v) is 13.4. The summed E-state index contributed by atoms with van der Waals surface area (Å²) in [5.41, 5.74) is 3.56. The Morgan fingerprint density at radius 1 is 0.818 bits per heavy atom. The molecule has 44 heavy (non-hydrogen) atoms. The lowest BCUT2D eigenvalue weighted by molar-refractivity contribution is -0.140. The molecule has 0 heterocycles. The average Bonchev–Trinajstić information content (AvgIpc) is 2.98. The molecule has 0 aliphatic carbocycles. The van der Waals surface area contributed by atoms with Gasteiger partial charge < -0.3 is 10.2 Å². The monoisotopic (exact) mass is 631 g/mol. The van der Waals surface area contributed by atoms with Crippen molar-refractivity contribution in [1.29, 1.82) is 0 Å². The average molecular weight is 632 g/mol. The number of anilines is 1. The normalized spacial score (nSPS) is 12.0. The Hall–Kier alpha value is -4.14. The first-order valence-electron chi connectivity index (χ1n) is 14.5. The van der Waals surface area contributed by atoms with E-state index in [0.29, 0.717) is 21.8 Å². The van der Waals surface area contributed by atoms with E-state index in [4.69, 9.17) is 11.6 Å². The minimum Gasteiger partial charge on any atom is -0.352 e. The first kappa shape index (κ1) is 32.8. The Kier molecular flexibility index (Phi) is 10.8. The van der Waals surface area contributed by atoms with E-state index in [0.717, 1.165) is 15.4 Å². The van der Waals surface area contributed by atoms with E-state index in [1.54, 1.807) is 67.6 Å². The van der Waals surface area contributed by atoms with Gasteiger partial charge in [-0.2, -0.15) is 0 Å². The summed E-state index contributed by atoms with van der Waals surface area (Å²) in [6.45, 7) is 6.93. The van der Waals surface area contributed by atoms with E-state index in [1.165, 1.54) is 4.90 Å². The van der Waals surface area contributed by atoms with Gasteiger partial charge in [0.25, 0.3) is 10.0 Å². The molecule has 0 aliphatic heterocycles. The molecular weight excluding hydrogens is 594 g/mol. The van der Waals surface area contributed by atoms with E-state index in [-0.39, 0.29) is 29.8 Å². The van der Waals surface area contributed by atoms with E-state index in [9.17, 15) is 18.0 Å².